The molecule has 1 unspecified atom stereocenters. The second-order valence-electron chi connectivity index (χ2n) is 7.73. The van der Waals surface area contributed by atoms with Crippen molar-refractivity contribution in [1.29, 1.82) is 0 Å². The second-order valence-corrected chi connectivity index (χ2v) is 7.73. The van der Waals surface area contributed by atoms with Gasteiger partial charge in [0.05, 0.1) is 18.2 Å². The van der Waals surface area contributed by atoms with Crippen molar-refractivity contribution >= 4 is 16.9 Å². The number of hydrogen-bond donors (Lipinski definition) is 0. The zero-order valence-electron chi connectivity index (χ0n) is 16.3. The quantitative estimate of drug-likeness (QED) is 0.692. The Kier molecular flexibility index (Phi) is 4.64. The molecular formula is C22H26N4O2. The summed E-state index contributed by atoms with van der Waals surface area (Å²) < 4.78 is 14.3. The Hall–Kier alpha value is -2.60. The van der Waals surface area contributed by atoms with Crippen LogP contribution >= 0.6 is 0 Å². The van der Waals surface area contributed by atoms with E-state index in [4.69, 9.17) is 9.47 Å². The Balaban J connectivity index is 1.29. The van der Waals surface area contributed by atoms with Crippen LogP contribution in [0.25, 0.3) is 10.9 Å². The Morgan fingerprint density at radius 1 is 1.11 bits per heavy atom. The van der Waals surface area contributed by atoms with E-state index in [1.807, 2.05) is 19.2 Å². The lowest BCUT2D eigenvalue weighted by Crippen LogP contribution is -2.39. The normalized spacial score (nSPS) is 20.8. The van der Waals surface area contributed by atoms with Crippen molar-refractivity contribution in [2.45, 2.75) is 38.3 Å². The van der Waals surface area contributed by atoms with E-state index in [0.717, 1.165) is 63.0 Å². The van der Waals surface area contributed by atoms with E-state index < -0.39 is 0 Å². The van der Waals surface area contributed by atoms with Crippen LogP contribution in [0.15, 0.2) is 42.7 Å². The minimum Gasteiger partial charge on any atom is -0.490 e. The molecule has 0 radical (unpaired) electrons. The van der Waals surface area contributed by atoms with Gasteiger partial charge >= 0.3 is 0 Å². The van der Waals surface area contributed by atoms with E-state index in [1.165, 1.54) is 10.9 Å². The van der Waals surface area contributed by atoms with Crippen LogP contribution in [-0.4, -0.2) is 46.9 Å². The van der Waals surface area contributed by atoms with Gasteiger partial charge in [-0.2, -0.15) is 0 Å². The van der Waals surface area contributed by atoms with Crippen LogP contribution < -0.4 is 9.64 Å². The molecule has 0 amide bonds. The van der Waals surface area contributed by atoms with Crippen molar-refractivity contribution in [3.05, 3.63) is 48.4 Å². The molecule has 2 aliphatic heterocycles. The Labute approximate surface area is 165 Å². The van der Waals surface area contributed by atoms with Gasteiger partial charge in [-0.3, -0.25) is 0 Å². The highest BCUT2D eigenvalue weighted by molar-refractivity contribution is 5.86. The molecule has 3 aromatic rings. The predicted octanol–water partition coefficient (Wildman–Crippen LogP) is 3.75. The number of piperidine rings is 1. The summed E-state index contributed by atoms with van der Waals surface area (Å²) in [7, 11) is 0. The first-order chi connectivity index (χ1) is 13.8. The topological polar surface area (TPSA) is 52.4 Å². The molecule has 2 aromatic heterocycles. The predicted molar refractivity (Wildman–Crippen MR) is 109 cm³/mol. The fourth-order valence-electron chi connectivity index (χ4n) is 4.26. The highest BCUT2D eigenvalue weighted by Crippen LogP contribution is 2.32. The molecule has 1 aromatic carbocycles. The summed E-state index contributed by atoms with van der Waals surface area (Å²) in [6, 6.07) is 10.9. The van der Waals surface area contributed by atoms with E-state index in [9.17, 15) is 0 Å². The summed E-state index contributed by atoms with van der Waals surface area (Å²) in [4.78, 5) is 11.2. The maximum absolute atomic E-state index is 6.44. The molecule has 2 aliphatic rings. The standard InChI is InChI=1S/C22H26N4O2/c1-16-5-10-23-22(24-16)25-11-6-18(7-12-25)28-21-4-2-3-20-19(21)8-13-26(20)17-9-14-27-15-17/h2-5,8,10,13,17-18H,6-7,9,11-12,14-15H2,1H3. The average molecular weight is 378 g/mol. The van der Waals surface area contributed by atoms with Gasteiger partial charge < -0.3 is 18.9 Å². The van der Waals surface area contributed by atoms with E-state index in [2.05, 4.69) is 49.9 Å². The van der Waals surface area contributed by atoms with Gasteiger partial charge in [0.1, 0.15) is 11.9 Å². The summed E-state index contributed by atoms with van der Waals surface area (Å²) in [6.07, 6.45) is 7.27. The van der Waals surface area contributed by atoms with Crippen molar-refractivity contribution in [1.82, 2.24) is 14.5 Å². The van der Waals surface area contributed by atoms with Gasteiger partial charge in [-0.15, -0.1) is 0 Å². The summed E-state index contributed by atoms with van der Waals surface area (Å²) in [6.45, 7) is 5.50. The van der Waals surface area contributed by atoms with Crippen molar-refractivity contribution in [3.8, 4) is 5.75 Å². The first-order valence-electron chi connectivity index (χ1n) is 10.2. The molecule has 0 N–H and O–H groups in total. The van der Waals surface area contributed by atoms with Crippen molar-refractivity contribution < 1.29 is 9.47 Å². The summed E-state index contributed by atoms with van der Waals surface area (Å²) >= 11 is 0. The zero-order valence-corrected chi connectivity index (χ0v) is 16.3. The number of nitrogens with zero attached hydrogens (tertiary/aromatic N) is 4. The molecule has 0 aliphatic carbocycles. The van der Waals surface area contributed by atoms with Gasteiger partial charge in [0.25, 0.3) is 0 Å². The van der Waals surface area contributed by atoms with Gasteiger partial charge in [0.2, 0.25) is 5.95 Å². The Morgan fingerprint density at radius 3 is 2.79 bits per heavy atom. The molecule has 2 fully saturated rings. The van der Waals surface area contributed by atoms with Crippen LogP contribution in [0.3, 0.4) is 0 Å². The fraction of sp³-hybridized carbons (Fsp3) is 0.455. The number of aryl methyl sites for hydroxylation is 1. The van der Waals surface area contributed by atoms with E-state index in [-0.39, 0.29) is 6.10 Å². The third kappa shape index (κ3) is 3.33. The van der Waals surface area contributed by atoms with Gasteiger partial charge in [0.15, 0.2) is 0 Å². The maximum atomic E-state index is 6.44. The largest absolute Gasteiger partial charge is 0.490 e. The molecule has 6 nitrogen and oxygen atoms in total. The summed E-state index contributed by atoms with van der Waals surface area (Å²) in [5.74, 6) is 1.82. The molecule has 0 bridgehead atoms. The van der Waals surface area contributed by atoms with Crippen LogP contribution in [0.1, 0.15) is 31.0 Å². The van der Waals surface area contributed by atoms with Gasteiger partial charge in [-0.05, 0) is 37.6 Å². The first-order valence-corrected chi connectivity index (χ1v) is 10.2. The Bertz CT molecular complexity index is 956. The number of ether oxygens (including phenoxy) is 2. The van der Waals surface area contributed by atoms with Crippen molar-refractivity contribution in [3.63, 3.8) is 0 Å². The molecule has 1 atom stereocenters. The molecule has 2 saturated heterocycles. The van der Waals surface area contributed by atoms with Gasteiger partial charge in [0, 0.05) is 56.0 Å². The van der Waals surface area contributed by atoms with Crippen molar-refractivity contribution in [2.75, 3.05) is 31.2 Å². The van der Waals surface area contributed by atoms with Gasteiger partial charge in [-0.25, -0.2) is 9.97 Å². The maximum Gasteiger partial charge on any atom is 0.225 e. The molecule has 146 valence electrons. The smallest absolute Gasteiger partial charge is 0.225 e. The summed E-state index contributed by atoms with van der Waals surface area (Å²) in [5.41, 5.74) is 2.24. The lowest BCUT2D eigenvalue weighted by molar-refractivity contribution is 0.172. The van der Waals surface area contributed by atoms with Crippen LogP contribution in [-0.2, 0) is 4.74 Å². The minimum atomic E-state index is 0.227. The highest BCUT2D eigenvalue weighted by atomic mass is 16.5. The van der Waals surface area contributed by atoms with Crippen LogP contribution in [0.4, 0.5) is 5.95 Å². The zero-order chi connectivity index (χ0) is 18.9. The Morgan fingerprint density at radius 2 is 2.00 bits per heavy atom. The van der Waals surface area contributed by atoms with Crippen molar-refractivity contribution in [2.24, 2.45) is 0 Å². The number of rotatable bonds is 4. The molecule has 0 saturated carbocycles. The lowest BCUT2D eigenvalue weighted by atomic mass is 10.1. The number of benzene rings is 1. The molecule has 6 heteroatoms. The van der Waals surface area contributed by atoms with Crippen LogP contribution in [0, 0.1) is 6.92 Å². The second kappa shape index (κ2) is 7.43. The number of anilines is 1. The van der Waals surface area contributed by atoms with E-state index >= 15 is 0 Å². The molecule has 0 spiro atoms. The molecular weight excluding hydrogens is 352 g/mol. The molecule has 4 heterocycles. The third-order valence-corrected chi connectivity index (χ3v) is 5.82. The average Bonchev–Trinajstić information content (AvgIpc) is 3.38. The van der Waals surface area contributed by atoms with E-state index in [0.29, 0.717) is 6.04 Å². The lowest BCUT2D eigenvalue weighted by Gasteiger charge is -2.32. The number of aromatic nitrogens is 3. The number of fused-ring (bicyclic) bond motifs is 1. The monoisotopic (exact) mass is 378 g/mol. The summed E-state index contributed by atoms with van der Waals surface area (Å²) in [5, 5.41) is 1.19. The fourth-order valence-corrected chi connectivity index (χ4v) is 4.26. The van der Waals surface area contributed by atoms with Crippen LogP contribution in [0.2, 0.25) is 0 Å². The number of hydrogen-bond acceptors (Lipinski definition) is 5. The third-order valence-electron chi connectivity index (χ3n) is 5.82. The first kappa shape index (κ1) is 17.5. The molecule has 5 rings (SSSR count). The van der Waals surface area contributed by atoms with Gasteiger partial charge in [-0.1, -0.05) is 6.07 Å². The van der Waals surface area contributed by atoms with E-state index in [1.54, 1.807) is 0 Å². The molecule has 28 heavy (non-hydrogen) atoms. The van der Waals surface area contributed by atoms with Crippen LogP contribution in [0.5, 0.6) is 5.75 Å². The minimum absolute atomic E-state index is 0.227. The highest BCUT2D eigenvalue weighted by Gasteiger charge is 2.24. The SMILES string of the molecule is Cc1ccnc(N2CCC(Oc3cccc4c3ccn4C3CCOC3)CC2)n1.